The SMILES string of the molecule is CCOc1ccc(Br)cc1C(Br)CC1CC(OCC)C1. The summed E-state index contributed by atoms with van der Waals surface area (Å²) in [4.78, 5) is 0.342. The number of hydrogen-bond acceptors (Lipinski definition) is 2. The third-order valence-electron chi connectivity index (χ3n) is 3.74. The molecule has 1 aliphatic carbocycles. The van der Waals surface area contributed by atoms with Crippen molar-refractivity contribution >= 4 is 31.9 Å². The molecule has 1 saturated carbocycles. The van der Waals surface area contributed by atoms with Gasteiger partial charge in [0.2, 0.25) is 0 Å². The van der Waals surface area contributed by atoms with Crippen LogP contribution in [0, 0.1) is 5.92 Å². The van der Waals surface area contributed by atoms with Crippen LogP contribution in [-0.2, 0) is 4.74 Å². The van der Waals surface area contributed by atoms with Gasteiger partial charge in [-0.15, -0.1) is 0 Å². The fourth-order valence-corrected chi connectivity index (χ4v) is 3.97. The molecule has 0 aliphatic heterocycles. The van der Waals surface area contributed by atoms with E-state index >= 15 is 0 Å². The van der Waals surface area contributed by atoms with Crippen LogP contribution in [0.5, 0.6) is 5.75 Å². The molecule has 0 aromatic heterocycles. The van der Waals surface area contributed by atoms with Crippen molar-refractivity contribution in [2.75, 3.05) is 13.2 Å². The van der Waals surface area contributed by atoms with Crippen molar-refractivity contribution in [3.8, 4) is 5.75 Å². The highest BCUT2D eigenvalue weighted by atomic mass is 79.9. The number of halogens is 2. The number of alkyl halides is 1. The molecule has 2 rings (SSSR count). The zero-order valence-electron chi connectivity index (χ0n) is 12.1. The maximum atomic E-state index is 5.73. The van der Waals surface area contributed by atoms with Crippen molar-refractivity contribution in [3.63, 3.8) is 0 Å². The van der Waals surface area contributed by atoms with E-state index in [2.05, 4.69) is 44.8 Å². The molecule has 0 amide bonds. The maximum absolute atomic E-state index is 5.73. The minimum Gasteiger partial charge on any atom is -0.494 e. The molecule has 112 valence electrons. The summed E-state index contributed by atoms with van der Waals surface area (Å²) >= 11 is 7.38. The molecule has 1 aromatic carbocycles. The Balaban J connectivity index is 1.95. The van der Waals surface area contributed by atoms with Crippen molar-refractivity contribution in [2.45, 2.75) is 44.0 Å². The number of rotatable bonds is 7. The summed E-state index contributed by atoms with van der Waals surface area (Å²) in [5.74, 6) is 1.74. The van der Waals surface area contributed by atoms with Gasteiger partial charge in [0.15, 0.2) is 0 Å². The number of benzene rings is 1. The zero-order valence-corrected chi connectivity index (χ0v) is 15.2. The second-order valence-corrected chi connectivity index (χ2v) is 7.25. The second-order valence-electron chi connectivity index (χ2n) is 5.23. The molecule has 0 radical (unpaired) electrons. The predicted molar refractivity (Wildman–Crippen MR) is 89.7 cm³/mol. The molecule has 4 heteroatoms. The standard InChI is InChI=1S/C16H22Br2O2/c1-3-19-13-7-11(8-13)9-15(18)14-10-12(17)5-6-16(14)20-4-2/h5-6,10-11,13,15H,3-4,7-9H2,1-2H3. The first-order valence-corrected chi connectivity index (χ1v) is 9.02. The summed E-state index contributed by atoms with van der Waals surface area (Å²) in [5, 5.41) is 0. The minimum atomic E-state index is 0.342. The smallest absolute Gasteiger partial charge is 0.123 e. The Hall–Kier alpha value is -0.0600. The van der Waals surface area contributed by atoms with Crippen molar-refractivity contribution in [1.29, 1.82) is 0 Å². The van der Waals surface area contributed by atoms with Crippen molar-refractivity contribution < 1.29 is 9.47 Å². The van der Waals surface area contributed by atoms with E-state index in [1.807, 2.05) is 19.1 Å². The summed E-state index contributed by atoms with van der Waals surface area (Å²) in [6.45, 7) is 5.61. The van der Waals surface area contributed by atoms with Crippen LogP contribution in [0.25, 0.3) is 0 Å². The molecule has 1 atom stereocenters. The first-order chi connectivity index (χ1) is 9.63. The molecular weight excluding hydrogens is 384 g/mol. The van der Waals surface area contributed by atoms with Crippen molar-refractivity contribution in [3.05, 3.63) is 28.2 Å². The van der Waals surface area contributed by atoms with Gasteiger partial charge in [0.05, 0.1) is 12.7 Å². The molecule has 0 N–H and O–H groups in total. The fraction of sp³-hybridized carbons (Fsp3) is 0.625. The summed E-state index contributed by atoms with van der Waals surface area (Å²) in [7, 11) is 0. The largest absolute Gasteiger partial charge is 0.494 e. The van der Waals surface area contributed by atoms with E-state index in [-0.39, 0.29) is 0 Å². The van der Waals surface area contributed by atoms with E-state index in [4.69, 9.17) is 9.47 Å². The van der Waals surface area contributed by atoms with Gasteiger partial charge in [-0.1, -0.05) is 31.9 Å². The Kier molecular flexibility index (Phi) is 6.37. The Morgan fingerprint density at radius 1 is 1.25 bits per heavy atom. The lowest BCUT2D eigenvalue weighted by Crippen LogP contribution is -2.31. The molecule has 0 bridgehead atoms. The quantitative estimate of drug-likeness (QED) is 0.558. The molecule has 0 heterocycles. The third-order valence-corrected chi connectivity index (χ3v) is 5.10. The average Bonchev–Trinajstić information content (AvgIpc) is 2.38. The van der Waals surface area contributed by atoms with Crippen LogP contribution in [0.3, 0.4) is 0 Å². The summed E-state index contributed by atoms with van der Waals surface area (Å²) in [6.07, 6.45) is 4.00. The van der Waals surface area contributed by atoms with Crippen LogP contribution in [0.15, 0.2) is 22.7 Å². The van der Waals surface area contributed by atoms with Gasteiger partial charge in [-0.25, -0.2) is 0 Å². The molecule has 1 aliphatic rings. The topological polar surface area (TPSA) is 18.5 Å². The summed E-state index contributed by atoms with van der Waals surface area (Å²) in [6, 6.07) is 6.23. The van der Waals surface area contributed by atoms with E-state index in [0.29, 0.717) is 17.5 Å². The van der Waals surface area contributed by atoms with Crippen LogP contribution in [-0.4, -0.2) is 19.3 Å². The van der Waals surface area contributed by atoms with Gasteiger partial charge in [0.1, 0.15) is 5.75 Å². The predicted octanol–water partition coefficient (Wildman–Crippen LogP) is 5.49. The monoisotopic (exact) mass is 404 g/mol. The van der Waals surface area contributed by atoms with E-state index in [9.17, 15) is 0 Å². The van der Waals surface area contributed by atoms with Gasteiger partial charge in [-0.2, -0.15) is 0 Å². The van der Waals surface area contributed by atoms with Crippen LogP contribution < -0.4 is 4.74 Å². The molecule has 20 heavy (non-hydrogen) atoms. The first kappa shape index (κ1) is 16.3. The summed E-state index contributed by atoms with van der Waals surface area (Å²) < 4.78 is 12.5. The van der Waals surface area contributed by atoms with E-state index in [1.165, 1.54) is 18.4 Å². The lowest BCUT2D eigenvalue weighted by atomic mass is 9.78. The van der Waals surface area contributed by atoms with Gasteiger partial charge < -0.3 is 9.47 Å². The van der Waals surface area contributed by atoms with E-state index in [1.54, 1.807) is 0 Å². The molecule has 0 saturated heterocycles. The zero-order chi connectivity index (χ0) is 14.5. The van der Waals surface area contributed by atoms with E-state index < -0.39 is 0 Å². The Labute approximate surface area is 138 Å². The van der Waals surface area contributed by atoms with Crippen LogP contribution >= 0.6 is 31.9 Å². The molecule has 2 nitrogen and oxygen atoms in total. The molecule has 1 fully saturated rings. The highest BCUT2D eigenvalue weighted by Gasteiger charge is 2.31. The highest BCUT2D eigenvalue weighted by molar-refractivity contribution is 9.10. The summed E-state index contributed by atoms with van der Waals surface area (Å²) in [5.41, 5.74) is 1.24. The second kappa shape index (κ2) is 7.81. The molecular formula is C16H22Br2O2. The average molecular weight is 406 g/mol. The van der Waals surface area contributed by atoms with Crippen LogP contribution in [0.4, 0.5) is 0 Å². The Morgan fingerprint density at radius 3 is 2.65 bits per heavy atom. The Morgan fingerprint density at radius 2 is 2.00 bits per heavy atom. The molecule has 1 unspecified atom stereocenters. The Bertz CT molecular complexity index is 430. The number of ether oxygens (including phenoxy) is 2. The molecule has 0 spiro atoms. The van der Waals surface area contributed by atoms with Gasteiger partial charge in [-0.3, -0.25) is 0 Å². The van der Waals surface area contributed by atoms with Crippen LogP contribution in [0.2, 0.25) is 0 Å². The highest BCUT2D eigenvalue weighted by Crippen LogP contribution is 2.43. The van der Waals surface area contributed by atoms with Gasteiger partial charge in [0.25, 0.3) is 0 Å². The maximum Gasteiger partial charge on any atom is 0.123 e. The van der Waals surface area contributed by atoms with Gasteiger partial charge in [-0.05, 0) is 57.2 Å². The van der Waals surface area contributed by atoms with Gasteiger partial charge >= 0.3 is 0 Å². The normalized spacial score (nSPS) is 23.2. The first-order valence-electron chi connectivity index (χ1n) is 7.31. The van der Waals surface area contributed by atoms with Crippen molar-refractivity contribution in [1.82, 2.24) is 0 Å². The fourth-order valence-electron chi connectivity index (χ4n) is 2.71. The van der Waals surface area contributed by atoms with Crippen LogP contribution in [0.1, 0.15) is 43.5 Å². The lowest BCUT2D eigenvalue weighted by molar-refractivity contribution is -0.0264. The van der Waals surface area contributed by atoms with E-state index in [0.717, 1.165) is 29.2 Å². The van der Waals surface area contributed by atoms with Gasteiger partial charge in [0, 0.05) is 21.5 Å². The van der Waals surface area contributed by atoms with Crippen molar-refractivity contribution in [2.24, 2.45) is 5.92 Å². The molecule has 1 aromatic rings. The minimum absolute atomic E-state index is 0.342. The third kappa shape index (κ3) is 4.22. The lowest BCUT2D eigenvalue weighted by Gasteiger charge is -2.36. The number of hydrogen-bond donors (Lipinski definition) is 0.